The maximum Gasteiger partial charge on any atom is 0.0587 e. The maximum absolute atomic E-state index is 6.16. The van der Waals surface area contributed by atoms with Crippen LogP contribution in [0.1, 0.15) is 25.0 Å². The van der Waals surface area contributed by atoms with Gasteiger partial charge in [0.25, 0.3) is 0 Å². The van der Waals surface area contributed by atoms with Gasteiger partial charge in [0.05, 0.1) is 6.61 Å². The van der Waals surface area contributed by atoms with Gasteiger partial charge in [0.1, 0.15) is 0 Å². The van der Waals surface area contributed by atoms with Crippen LogP contribution in [0.2, 0.25) is 5.02 Å². The molecule has 0 saturated heterocycles. The third kappa shape index (κ3) is 5.77. The van der Waals surface area contributed by atoms with Crippen LogP contribution in [0.5, 0.6) is 0 Å². The van der Waals surface area contributed by atoms with Crippen molar-refractivity contribution in [2.24, 2.45) is 5.92 Å². The highest BCUT2D eigenvalue weighted by molar-refractivity contribution is 6.31. The summed E-state index contributed by atoms with van der Waals surface area (Å²) >= 11 is 6.16. The fraction of sp³-hybridized carbons (Fsp3) is 0.500. The first-order valence-electron chi connectivity index (χ1n) is 6.71. The van der Waals surface area contributed by atoms with E-state index in [4.69, 9.17) is 16.3 Å². The molecule has 1 aromatic rings. The van der Waals surface area contributed by atoms with Gasteiger partial charge >= 0.3 is 0 Å². The van der Waals surface area contributed by atoms with Crippen LogP contribution in [0.3, 0.4) is 0 Å². The summed E-state index contributed by atoms with van der Waals surface area (Å²) in [6.07, 6.45) is 2.22. The van der Waals surface area contributed by atoms with Crippen LogP contribution in [-0.2, 0) is 4.74 Å². The Morgan fingerprint density at radius 3 is 2.74 bits per heavy atom. The molecule has 1 N–H and O–H groups in total. The van der Waals surface area contributed by atoms with Crippen molar-refractivity contribution in [3.63, 3.8) is 0 Å². The Morgan fingerprint density at radius 1 is 1.42 bits per heavy atom. The average Bonchev–Trinajstić information content (AvgIpc) is 2.37. The minimum absolute atomic E-state index is 0.509. The predicted octanol–water partition coefficient (Wildman–Crippen LogP) is 3.92. The zero-order valence-electron chi connectivity index (χ0n) is 12.3. The highest BCUT2D eigenvalue weighted by Gasteiger charge is 2.04. The van der Waals surface area contributed by atoms with E-state index >= 15 is 0 Å². The first-order chi connectivity index (χ1) is 9.04. The van der Waals surface area contributed by atoms with Crippen molar-refractivity contribution >= 4 is 17.7 Å². The van der Waals surface area contributed by atoms with E-state index < -0.39 is 0 Å². The summed E-state index contributed by atoms with van der Waals surface area (Å²) in [6.45, 7) is 8.92. The molecule has 19 heavy (non-hydrogen) atoms. The molecule has 3 heteroatoms. The average molecular weight is 282 g/mol. The molecule has 0 radical (unpaired) electrons. The molecule has 0 aliphatic rings. The number of halogens is 1. The largest absolute Gasteiger partial charge is 0.383 e. The number of nitrogens with one attached hydrogen (secondary N) is 1. The van der Waals surface area contributed by atoms with Crippen LogP contribution in [-0.4, -0.2) is 26.8 Å². The van der Waals surface area contributed by atoms with Crippen molar-refractivity contribution in [3.8, 4) is 0 Å². The highest BCUT2D eigenvalue weighted by Crippen LogP contribution is 2.20. The lowest BCUT2D eigenvalue weighted by atomic mass is 10.00. The first kappa shape index (κ1) is 16.2. The molecule has 0 spiro atoms. The Labute approximate surface area is 121 Å². The van der Waals surface area contributed by atoms with Crippen molar-refractivity contribution in [1.29, 1.82) is 0 Å². The second-order valence-electron chi connectivity index (χ2n) is 5.05. The first-order valence-corrected chi connectivity index (χ1v) is 7.08. The molecule has 0 atom stereocenters. The van der Waals surface area contributed by atoms with Gasteiger partial charge in [-0.25, -0.2) is 0 Å². The second kappa shape index (κ2) is 8.36. The van der Waals surface area contributed by atoms with Gasteiger partial charge in [-0.1, -0.05) is 49.2 Å². The minimum atomic E-state index is 0.509. The van der Waals surface area contributed by atoms with Gasteiger partial charge in [-0.2, -0.15) is 0 Å². The second-order valence-corrected chi connectivity index (χ2v) is 5.46. The summed E-state index contributed by atoms with van der Waals surface area (Å²) in [5, 5.41) is 4.21. The van der Waals surface area contributed by atoms with Crippen LogP contribution in [0, 0.1) is 12.8 Å². The molecule has 0 fully saturated rings. The number of ether oxygens (including phenoxy) is 1. The number of hydrogen-bond donors (Lipinski definition) is 1. The van der Waals surface area contributed by atoms with E-state index in [9.17, 15) is 0 Å². The molecule has 0 unspecified atom stereocenters. The molecule has 0 amide bonds. The summed E-state index contributed by atoms with van der Waals surface area (Å²) in [7, 11) is 1.72. The van der Waals surface area contributed by atoms with Gasteiger partial charge in [-0.05, 0) is 30.0 Å². The predicted molar refractivity (Wildman–Crippen MR) is 83.7 cm³/mol. The number of methoxy groups -OCH3 is 1. The van der Waals surface area contributed by atoms with Gasteiger partial charge in [-0.3, -0.25) is 0 Å². The molecule has 0 saturated carbocycles. The van der Waals surface area contributed by atoms with E-state index in [1.807, 2.05) is 13.0 Å². The molecule has 0 bridgehead atoms. The van der Waals surface area contributed by atoms with Crippen LogP contribution in [0.25, 0.3) is 6.08 Å². The Hall–Kier alpha value is -0.830. The van der Waals surface area contributed by atoms with Gasteiger partial charge in [0, 0.05) is 25.2 Å². The standard InChI is InChI=1S/C16H24ClNO/c1-12(2)15(11-18-7-8-19-4)9-14-6-5-13(3)16(17)10-14/h5-6,9-10,12,18H,7-8,11H2,1-4H3/b15-9-. The van der Waals surface area contributed by atoms with Crippen LogP contribution in [0.4, 0.5) is 0 Å². The van der Waals surface area contributed by atoms with Crippen molar-refractivity contribution in [2.75, 3.05) is 26.8 Å². The Morgan fingerprint density at radius 2 is 2.16 bits per heavy atom. The summed E-state index contributed by atoms with van der Waals surface area (Å²) in [6, 6.07) is 6.19. The van der Waals surface area contributed by atoms with E-state index in [-0.39, 0.29) is 0 Å². The van der Waals surface area contributed by atoms with Gasteiger partial charge in [0.15, 0.2) is 0 Å². The van der Waals surface area contributed by atoms with E-state index in [1.54, 1.807) is 7.11 Å². The molecule has 0 aliphatic heterocycles. The SMILES string of the molecule is COCCNC/C(=C/c1ccc(C)c(Cl)c1)C(C)C. The lowest BCUT2D eigenvalue weighted by Crippen LogP contribution is -2.23. The number of rotatable bonds is 7. The van der Waals surface area contributed by atoms with Crippen LogP contribution in [0.15, 0.2) is 23.8 Å². The number of aryl methyl sites for hydroxylation is 1. The monoisotopic (exact) mass is 281 g/mol. The molecule has 0 aromatic heterocycles. The summed E-state index contributed by atoms with van der Waals surface area (Å²) in [5.74, 6) is 0.509. The third-order valence-electron chi connectivity index (χ3n) is 3.10. The molecule has 1 rings (SSSR count). The lowest BCUT2D eigenvalue weighted by molar-refractivity contribution is 0.200. The quantitative estimate of drug-likeness (QED) is 0.765. The maximum atomic E-state index is 6.16. The van der Waals surface area contributed by atoms with Gasteiger partial charge < -0.3 is 10.1 Å². The van der Waals surface area contributed by atoms with E-state index in [0.29, 0.717) is 5.92 Å². The number of hydrogen-bond acceptors (Lipinski definition) is 2. The lowest BCUT2D eigenvalue weighted by Gasteiger charge is -2.13. The van der Waals surface area contributed by atoms with Gasteiger partial charge in [0.2, 0.25) is 0 Å². The van der Waals surface area contributed by atoms with E-state index in [1.165, 1.54) is 5.57 Å². The van der Waals surface area contributed by atoms with Crippen molar-refractivity contribution < 1.29 is 4.74 Å². The third-order valence-corrected chi connectivity index (χ3v) is 3.51. The van der Waals surface area contributed by atoms with E-state index in [2.05, 4.69) is 37.4 Å². The normalized spacial score (nSPS) is 12.2. The van der Waals surface area contributed by atoms with E-state index in [0.717, 1.165) is 35.8 Å². The van der Waals surface area contributed by atoms with Crippen molar-refractivity contribution in [2.45, 2.75) is 20.8 Å². The molecule has 106 valence electrons. The van der Waals surface area contributed by atoms with Crippen LogP contribution < -0.4 is 5.32 Å². The topological polar surface area (TPSA) is 21.3 Å². The molecule has 0 heterocycles. The van der Waals surface area contributed by atoms with Crippen LogP contribution >= 0.6 is 11.6 Å². The Kier molecular flexibility index (Phi) is 7.14. The molecular formula is C16H24ClNO. The molecule has 1 aromatic carbocycles. The zero-order chi connectivity index (χ0) is 14.3. The zero-order valence-corrected chi connectivity index (χ0v) is 13.1. The fourth-order valence-electron chi connectivity index (χ4n) is 1.74. The van der Waals surface area contributed by atoms with Gasteiger partial charge in [-0.15, -0.1) is 0 Å². The van der Waals surface area contributed by atoms with Crippen molar-refractivity contribution in [1.82, 2.24) is 5.32 Å². The molecule has 2 nitrogen and oxygen atoms in total. The summed E-state index contributed by atoms with van der Waals surface area (Å²) in [5.41, 5.74) is 3.65. The Bertz CT molecular complexity index is 427. The molecular weight excluding hydrogens is 258 g/mol. The highest BCUT2D eigenvalue weighted by atomic mass is 35.5. The smallest absolute Gasteiger partial charge is 0.0587 e. The minimum Gasteiger partial charge on any atom is -0.383 e. The fourth-order valence-corrected chi connectivity index (χ4v) is 1.93. The summed E-state index contributed by atoms with van der Waals surface area (Å²) in [4.78, 5) is 0. The van der Waals surface area contributed by atoms with Crippen molar-refractivity contribution in [3.05, 3.63) is 39.9 Å². The number of benzene rings is 1. The molecule has 0 aliphatic carbocycles. The Balaban J connectivity index is 2.73. The summed E-state index contributed by atoms with van der Waals surface area (Å²) < 4.78 is 5.03.